The molecule has 0 amide bonds. The van der Waals surface area contributed by atoms with E-state index in [1.807, 2.05) is 0 Å². The highest BCUT2D eigenvalue weighted by atomic mass is 14.3. The largest absolute Gasteiger partial charge is 0.244 e. The molecule has 0 saturated carbocycles. The topological polar surface area (TPSA) is 0 Å². The van der Waals surface area contributed by atoms with Crippen LogP contribution in [0.2, 0.25) is 0 Å². The van der Waals surface area contributed by atoms with Crippen LogP contribution in [0, 0.1) is 13.8 Å². The minimum atomic E-state index is 0.366. The maximum absolute atomic E-state index is 2.33. The van der Waals surface area contributed by atoms with Gasteiger partial charge in [-0.15, -0.1) is 0 Å². The molecule has 0 fully saturated rings. The normalized spacial score (nSPS) is 13.5. The van der Waals surface area contributed by atoms with Gasteiger partial charge in [-0.2, -0.15) is 0 Å². The summed E-state index contributed by atoms with van der Waals surface area (Å²) in [6.07, 6.45) is 1.05. The molecule has 0 aromatic heterocycles. The van der Waals surface area contributed by atoms with Gasteiger partial charge in [-0.25, -0.2) is 0 Å². The third-order valence-corrected chi connectivity index (χ3v) is 6.45. The summed E-state index contributed by atoms with van der Waals surface area (Å²) in [6, 6.07) is 25.1. The standard InChI is InChI=1S/C25H19B/c1-15-6-3-8-18-14-19-9-5-11-21-20-10-4-7-17-13-12-16(2)24(22(17)20)26(23(15)18)25(19)21/h3-13H,14H2,1-2H3. The van der Waals surface area contributed by atoms with Crippen molar-refractivity contribution in [1.82, 2.24) is 0 Å². The van der Waals surface area contributed by atoms with Crippen molar-refractivity contribution in [2.24, 2.45) is 0 Å². The van der Waals surface area contributed by atoms with E-state index in [0.29, 0.717) is 6.71 Å². The van der Waals surface area contributed by atoms with Crippen molar-refractivity contribution >= 4 is 33.9 Å². The molecule has 122 valence electrons. The quantitative estimate of drug-likeness (QED) is 0.371. The van der Waals surface area contributed by atoms with Gasteiger partial charge in [0, 0.05) is 0 Å². The molecule has 0 radical (unpaired) electrons. The fraction of sp³-hybridized carbons (Fsp3) is 0.120. The summed E-state index contributed by atoms with van der Waals surface area (Å²) in [7, 11) is 0. The lowest BCUT2D eigenvalue weighted by atomic mass is 9.30. The van der Waals surface area contributed by atoms with Gasteiger partial charge in [0.25, 0.3) is 0 Å². The molecular weight excluding hydrogens is 311 g/mol. The summed E-state index contributed by atoms with van der Waals surface area (Å²) in [4.78, 5) is 0. The van der Waals surface area contributed by atoms with E-state index >= 15 is 0 Å². The summed E-state index contributed by atoms with van der Waals surface area (Å²) in [5.74, 6) is 0. The second-order valence-corrected chi connectivity index (χ2v) is 7.84. The Labute approximate surface area is 154 Å². The van der Waals surface area contributed by atoms with Crippen molar-refractivity contribution in [3.63, 3.8) is 0 Å². The van der Waals surface area contributed by atoms with E-state index in [1.165, 1.54) is 55.1 Å². The van der Waals surface area contributed by atoms with Crippen molar-refractivity contribution in [2.75, 3.05) is 0 Å². The van der Waals surface area contributed by atoms with Gasteiger partial charge in [0.15, 0.2) is 0 Å². The van der Waals surface area contributed by atoms with Gasteiger partial charge in [-0.1, -0.05) is 94.2 Å². The Morgan fingerprint density at radius 2 is 1.31 bits per heavy atom. The molecule has 2 aliphatic rings. The molecule has 0 saturated heterocycles. The number of hydrogen-bond acceptors (Lipinski definition) is 0. The van der Waals surface area contributed by atoms with Crippen LogP contribution in [-0.4, -0.2) is 6.71 Å². The molecule has 6 rings (SSSR count). The van der Waals surface area contributed by atoms with Gasteiger partial charge in [0.1, 0.15) is 0 Å². The van der Waals surface area contributed by atoms with Gasteiger partial charge in [-0.05, 0) is 53.3 Å². The van der Waals surface area contributed by atoms with Crippen molar-refractivity contribution < 1.29 is 0 Å². The summed E-state index contributed by atoms with van der Waals surface area (Å²) in [6.45, 7) is 4.93. The molecule has 0 unspecified atom stereocenters. The highest BCUT2D eigenvalue weighted by Gasteiger charge is 2.38. The van der Waals surface area contributed by atoms with Gasteiger partial charge in [0.05, 0.1) is 0 Å². The first kappa shape index (κ1) is 14.4. The van der Waals surface area contributed by atoms with Gasteiger partial charge < -0.3 is 0 Å². The molecule has 0 N–H and O–H groups in total. The summed E-state index contributed by atoms with van der Waals surface area (Å²) < 4.78 is 0. The minimum absolute atomic E-state index is 0.366. The van der Waals surface area contributed by atoms with E-state index in [4.69, 9.17) is 0 Å². The van der Waals surface area contributed by atoms with E-state index in [-0.39, 0.29) is 0 Å². The van der Waals surface area contributed by atoms with Crippen LogP contribution in [0.3, 0.4) is 0 Å². The van der Waals surface area contributed by atoms with Crippen LogP contribution < -0.4 is 16.4 Å². The van der Waals surface area contributed by atoms with E-state index in [9.17, 15) is 0 Å². The molecule has 0 bridgehead atoms. The SMILES string of the molecule is Cc1cccc2c1B1c3c(cccc3-c3cccc4ccc(C)c1c34)C2. The van der Waals surface area contributed by atoms with Crippen LogP contribution in [0.15, 0.2) is 66.7 Å². The Morgan fingerprint density at radius 1 is 0.615 bits per heavy atom. The predicted octanol–water partition coefficient (Wildman–Crippen LogP) is 3.86. The number of fused-ring (bicyclic) bond motifs is 4. The molecule has 0 aliphatic carbocycles. The highest BCUT2D eigenvalue weighted by Crippen LogP contribution is 2.34. The molecule has 26 heavy (non-hydrogen) atoms. The first-order valence-electron chi connectivity index (χ1n) is 9.47. The zero-order valence-electron chi connectivity index (χ0n) is 15.1. The lowest BCUT2D eigenvalue weighted by Gasteiger charge is -2.35. The van der Waals surface area contributed by atoms with Gasteiger partial charge >= 0.3 is 0 Å². The smallest absolute Gasteiger partial charge is 0.0623 e. The molecule has 2 heterocycles. The lowest BCUT2D eigenvalue weighted by molar-refractivity contribution is 1.20. The zero-order chi connectivity index (χ0) is 17.4. The van der Waals surface area contributed by atoms with Crippen molar-refractivity contribution in [3.05, 3.63) is 89.0 Å². The van der Waals surface area contributed by atoms with Gasteiger partial charge in [-0.3, -0.25) is 0 Å². The van der Waals surface area contributed by atoms with Crippen LogP contribution in [0.5, 0.6) is 0 Å². The fourth-order valence-corrected chi connectivity index (χ4v) is 5.40. The number of rotatable bonds is 0. The molecule has 4 aromatic carbocycles. The Bertz CT molecular complexity index is 1230. The molecular formula is C25H19B. The number of hydrogen-bond donors (Lipinski definition) is 0. The molecule has 2 aliphatic heterocycles. The Kier molecular flexibility index (Phi) is 2.70. The Morgan fingerprint density at radius 3 is 2.19 bits per heavy atom. The first-order valence-corrected chi connectivity index (χ1v) is 9.47. The molecule has 1 heteroatoms. The van der Waals surface area contributed by atoms with Crippen LogP contribution in [0.25, 0.3) is 21.9 Å². The number of benzene rings is 4. The summed E-state index contributed by atoms with van der Waals surface area (Å²) in [5.41, 5.74) is 13.3. The monoisotopic (exact) mass is 330 g/mol. The van der Waals surface area contributed by atoms with E-state index in [2.05, 4.69) is 80.6 Å². The van der Waals surface area contributed by atoms with Crippen LogP contribution in [0.4, 0.5) is 0 Å². The Balaban J connectivity index is 1.87. The van der Waals surface area contributed by atoms with Crippen molar-refractivity contribution in [1.29, 1.82) is 0 Å². The molecule has 0 nitrogen and oxygen atoms in total. The van der Waals surface area contributed by atoms with Crippen molar-refractivity contribution in [2.45, 2.75) is 20.3 Å². The molecule has 4 aromatic rings. The fourth-order valence-electron chi connectivity index (χ4n) is 5.40. The van der Waals surface area contributed by atoms with E-state index < -0.39 is 0 Å². The van der Waals surface area contributed by atoms with Crippen LogP contribution in [0.1, 0.15) is 22.3 Å². The summed E-state index contributed by atoms with van der Waals surface area (Å²) >= 11 is 0. The molecule has 0 atom stereocenters. The van der Waals surface area contributed by atoms with E-state index in [0.717, 1.165) is 6.42 Å². The second-order valence-electron chi connectivity index (χ2n) is 7.84. The number of aryl methyl sites for hydroxylation is 2. The Hall–Kier alpha value is -2.80. The first-order chi connectivity index (χ1) is 12.7. The third-order valence-electron chi connectivity index (χ3n) is 6.45. The third kappa shape index (κ3) is 1.66. The van der Waals surface area contributed by atoms with Crippen molar-refractivity contribution in [3.8, 4) is 11.1 Å². The highest BCUT2D eigenvalue weighted by molar-refractivity contribution is 7.00. The zero-order valence-corrected chi connectivity index (χ0v) is 15.1. The average molecular weight is 330 g/mol. The second kappa shape index (κ2) is 4.89. The minimum Gasteiger partial charge on any atom is -0.0623 e. The lowest BCUT2D eigenvalue weighted by Crippen LogP contribution is -2.60. The maximum atomic E-state index is 2.33. The predicted molar refractivity (Wildman–Crippen MR) is 113 cm³/mol. The average Bonchev–Trinajstić information content (AvgIpc) is 2.66. The van der Waals surface area contributed by atoms with Crippen LogP contribution >= 0.6 is 0 Å². The molecule has 0 spiro atoms. The van der Waals surface area contributed by atoms with Gasteiger partial charge in [0.2, 0.25) is 6.71 Å². The maximum Gasteiger partial charge on any atom is 0.244 e. The van der Waals surface area contributed by atoms with Crippen LogP contribution in [-0.2, 0) is 6.42 Å². The van der Waals surface area contributed by atoms with E-state index in [1.54, 1.807) is 5.46 Å². The summed E-state index contributed by atoms with van der Waals surface area (Å²) in [5, 5.41) is 2.82.